The van der Waals surface area contributed by atoms with Crippen molar-refractivity contribution in [1.29, 1.82) is 0 Å². The molecule has 5 heteroatoms. The summed E-state index contributed by atoms with van der Waals surface area (Å²) in [6.45, 7) is 0.109. The highest BCUT2D eigenvalue weighted by molar-refractivity contribution is 5.29. The Hall–Kier alpha value is -1.07. The zero-order valence-electron chi connectivity index (χ0n) is 10.6. The Balaban J connectivity index is 2.11. The number of alkyl halides is 3. The van der Waals surface area contributed by atoms with Gasteiger partial charge in [0.05, 0.1) is 12.2 Å². The molecule has 0 saturated heterocycles. The van der Waals surface area contributed by atoms with Crippen LogP contribution in [0.1, 0.15) is 36.8 Å². The second kappa shape index (κ2) is 5.51. The van der Waals surface area contributed by atoms with Gasteiger partial charge in [-0.2, -0.15) is 13.2 Å². The van der Waals surface area contributed by atoms with Crippen molar-refractivity contribution >= 4 is 0 Å². The molecule has 1 aromatic rings. The van der Waals surface area contributed by atoms with E-state index in [0.717, 1.165) is 31.7 Å². The van der Waals surface area contributed by atoms with Crippen LogP contribution >= 0.6 is 0 Å². The van der Waals surface area contributed by atoms with Crippen LogP contribution in [0.2, 0.25) is 0 Å². The second-order valence-electron chi connectivity index (χ2n) is 5.15. The minimum Gasteiger partial charge on any atom is -0.394 e. The molecule has 0 unspecified atom stereocenters. The number of aliphatic hydroxyl groups is 1. The molecule has 1 aliphatic carbocycles. The summed E-state index contributed by atoms with van der Waals surface area (Å²) in [5, 5.41) is 12.6. The summed E-state index contributed by atoms with van der Waals surface area (Å²) in [7, 11) is 0. The molecule has 0 heterocycles. The topological polar surface area (TPSA) is 32.3 Å². The molecule has 1 aromatic carbocycles. The predicted octanol–water partition coefficient (Wildman–Crippen LogP) is 3.10. The Morgan fingerprint density at radius 1 is 1.16 bits per heavy atom. The lowest BCUT2D eigenvalue weighted by Gasteiger charge is -2.28. The lowest BCUT2D eigenvalue weighted by molar-refractivity contribution is -0.138. The summed E-state index contributed by atoms with van der Waals surface area (Å²) in [5.41, 5.74) is -0.776. The number of aliphatic hydroxyl groups excluding tert-OH is 1. The molecule has 0 amide bonds. The van der Waals surface area contributed by atoms with Gasteiger partial charge in [0.2, 0.25) is 0 Å². The number of hydrogen-bond acceptors (Lipinski definition) is 2. The third kappa shape index (κ3) is 3.28. The van der Waals surface area contributed by atoms with Crippen molar-refractivity contribution in [2.75, 3.05) is 6.61 Å². The molecule has 1 saturated carbocycles. The van der Waals surface area contributed by atoms with Gasteiger partial charge >= 0.3 is 6.18 Å². The van der Waals surface area contributed by atoms with Crippen molar-refractivity contribution in [2.24, 2.45) is 0 Å². The Labute approximate surface area is 110 Å². The van der Waals surface area contributed by atoms with Crippen molar-refractivity contribution in [3.63, 3.8) is 0 Å². The zero-order chi connectivity index (χ0) is 13.9. The van der Waals surface area contributed by atoms with E-state index >= 15 is 0 Å². The van der Waals surface area contributed by atoms with Gasteiger partial charge in [0.15, 0.2) is 0 Å². The molecule has 0 spiro atoms. The van der Waals surface area contributed by atoms with Crippen LogP contribution in [-0.4, -0.2) is 17.3 Å². The van der Waals surface area contributed by atoms with Crippen LogP contribution in [0.4, 0.5) is 13.2 Å². The average molecular weight is 273 g/mol. The molecule has 19 heavy (non-hydrogen) atoms. The molecule has 0 atom stereocenters. The third-order valence-electron chi connectivity index (χ3n) is 3.84. The standard InChI is InChI=1S/C14H18F3NO/c15-14(16,17)12-6-2-1-5-11(12)9-18-13(10-19)7-3-4-8-13/h1-2,5-6,18-19H,3-4,7-10H2. The van der Waals surface area contributed by atoms with Crippen LogP contribution in [0.5, 0.6) is 0 Å². The number of rotatable bonds is 4. The van der Waals surface area contributed by atoms with Crippen molar-refractivity contribution < 1.29 is 18.3 Å². The van der Waals surface area contributed by atoms with Gasteiger partial charge in [-0.3, -0.25) is 0 Å². The van der Waals surface area contributed by atoms with E-state index in [1.165, 1.54) is 12.1 Å². The minimum atomic E-state index is -4.33. The fourth-order valence-corrected chi connectivity index (χ4v) is 2.68. The molecule has 0 aromatic heterocycles. The highest BCUT2D eigenvalue weighted by Gasteiger charge is 2.35. The van der Waals surface area contributed by atoms with Gasteiger partial charge < -0.3 is 10.4 Å². The van der Waals surface area contributed by atoms with Crippen LogP contribution in [0, 0.1) is 0 Å². The lowest BCUT2D eigenvalue weighted by Crippen LogP contribution is -2.45. The normalized spacial score (nSPS) is 18.7. The fraction of sp³-hybridized carbons (Fsp3) is 0.571. The van der Waals surface area contributed by atoms with E-state index in [2.05, 4.69) is 5.32 Å². The summed E-state index contributed by atoms with van der Waals surface area (Å²) >= 11 is 0. The van der Waals surface area contributed by atoms with E-state index in [1.54, 1.807) is 6.07 Å². The molecular formula is C14H18F3NO. The number of hydrogen-bond donors (Lipinski definition) is 2. The van der Waals surface area contributed by atoms with Crippen molar-refractivity contribution in [3.05, 3.63) is 35.4 Å². The first-order valence-corrected chi connectivity index (χ1v) is 6.48. The van der Waals surface area contributed by atoms with Gasteiger partial charge in [-0.05, 0) is 24.5 Å². The molecule has 2 nitrogen and oxygen atoms in total. The predicted molar refractivity (Wildman–Crippen MR) is 66.6 cm³/mol. The molecule has 0 bridgehead atoms. The Morgan fingerprint density at radius 2 is 1.79 bits per heavy atom. The van der Waals surface area contributed by atoms with Crippen molar-refractivity contribution in [3.8, 4) is 0 Å². The third-order valence-corrected chi connectivity index (χ3v) is 3.84. The van der Waals surface area contributed by atoms with Gasteiger partial charge in [-0.15, -0.1) is 0 Å². The first kappa shape index (κ1) is 14.3. The van der Waals surface area contributed by atoms with E-state index in [4.69, 9.17) is 0 Å². The molecule has 0 aliphatic heterocycles. The fourth-order valence-electron chi connectivity index (χ4n) is 2.68. The van der Waals surface area contributed by atoms with Gasteiger partial charge in [-0.1, -0.05) is 31.0 Å². The van der Waals surface area contributed by atoms with Gasteiger partial charge in [-0.25, -0.2) is 0 Å². The summed E-state index contributed by atoms with van der Waals surface area (Å²) in [6.07, 6.45) is -0.682. The largest absolute Gasteiger partial charge is 0.416 e. The molecule has 2 rings (SSSR count). The molecule has 106 valence electrons. The number of benzene rings is 1. The summed E-state index contributed by atoms with van der Waals surface area (Å²) in [6, 6.07) is 5.57. The maximum absolute atomic E-state index is 12.8. The summed E-state index contributed by atoms with van der Waals surface area (Å²) in [4.78, 5) is 0. The second-order valence-corrected chi connectivity index (χ2v) is 5.15. The number of halogens is 3. The van der Waals surface area contributed by atoms with E-state index in [9.17, 15) is 18.3 Å². The first-order valence-electron chi connectivity index (χ1n) is 6.48. The van der Waals surface area contributed by atoms with Crippen LogP contribution in [0.15, 0.2) is 24.3 Å². The van der Waals surface area contributed by atoms with E-state index in [-0.39, 0.29) is 18.7 Å². The van der Waals surface area contributed by atoms with Crippen LogP contribution < -0.4 is 5.32 Å². The SMILES string of the molecule is OCC1(NCc2ccccc2C(F)(F)F)CCCC1. The monoisotopic (exact) mass is 273 g/mol. The van der Waals surface area contributed by atoms with Gasteiger partial charge in [0.25, 0.3) is 0 Å². The summed E-state index contributed by atoms with van der Waals surface area (Å²) in [5.74, 6) is 0. The average Bonchev–Trinajstić information content (AvgIpc) is 2.85. The van der Waals surface area contributed by atoms with E-state index in [1.807, 2.05) is 0 Å². The molecular weight excluding hydrogens is 255 g/mol. The molecule has 0 radical (unpaired) electrons. The van der Waals surface area contributed by atoms with Gasteiger partial charge in [0.1, 0.15) is 0 Å². The first-order chi connectivity index (χ1) is 8.97. The maximum Gasteiger partial charge on any atom is 0.416 e. The van der Waals surface area contributed by atoms with Crippen LogP contribution in [-0.2, 0) is 12.7 Å². The highest BCUT2D eigenvalue weighted by Crippen LogP contribution is 2.33. The smallest absolute Gasteiger partial charge is 0.394 e. The van der Waals surface area contributed by atoms with Crippen LogP contribution in [0.3, 0.4) is 0 Å². The molecule has 2 N–H and O–H groups in total. The highest BCUT2D eigenvalue weighted by atomic mass is 19.4. The lowest BCUT2D eigenvalue weighted by atomic mass is 9.97. The van der Waals surface area contributed by atoms with Gasteiger partial charge in [0, 0.05) is 12.1 Å². The van der Waals surface area contributed by atoms with E-state index < -0.39 is 17.3 Å². The minimum absolute atomic E-state index is 0.0266. The Kier molecular flexibility index (Phi) is 4.16. The van der Waals surface area contributed by atoms with Crippen molar-refractivity contribution in [2.45, 2.75) is 43.9 Å². The maximum atomic E-state index is 12.8. The molecule has 1 aliphatic rings. The zero-order valence-corrected chi connectivity index (χ0v) is 10.6. The van der Waals surface area contributed by atoms with Crippen LogP contribution in [0.25, 0.3) is 0 Å². The van der Waals surface area contributed by atoms with Crippen molar-refractivity contribution in [1.82, 2.24) is 5.32 Å². The Morgan fingerprint density at radius 3 is 2.37 bits per heavy atom. The number of nitrogens with one attached hydrogen (secondary N) is 1. The quantitative estimate of drug-likeness (QED) is 0.883. The Bertz CT molecular complexity index is 425. The molecule has 1 fully saturated rings. The van der Waals surface area contributed by atoms with E-state index in [0.29, 0.717) is 0 Å². The summed E-state index contributed by atoms with van der Waals surface area (Å²) < 4.78 is 38.5.